The van der Waals surface area contributed by atoms with Crippen molar-refractivity contribution < 1.29 is 47.2 Å². The second-order valence-electron chi connectivity index (χ2n) is 8.78. The molecule has 2 fully saturated rings. The van der Waals surface area contributed by atoms with Gasteiger partial charge in [-0.25, -0.2) is 18.0 Å². The fraction of sp³-hybridized carbons (Fsp3) is 0.462. The number of hydrogen-bond donors (Lipinski definition) is 2. The Labute approximate surface area is 255 Å². The molecule has 10 nitrogen and oxygen atoms in total. The minimum absolute atomic E-state index is 0.0513. The highest BCUT2D eigenvalue weighted by molar-refractivity contribution is 8.21. The highest BCUT2D eigenvalue weighted by Crippen LogP contribution is 2.33. The van der Waals surface area contributed by atoms with Gasteiger partial charge in [-0.2, -0.15) is 0 Å². The largest absolute Gasteiger partial charge is 0.491 e. The van der Waals surface area contributed by atoms with Crippen LogP contribution < -0.4 is 9.47 Å². The van der Waals surface area contributed by atoms with Crippen LogP contribution in [0.1, 0.15) is 0 Å². The molecule has 2 heterocycles. The SMILES string of the molecule is O=C(OCC(O)COc1ccc(S(=O)(=O)c2ccc(OCC(O)COC(=O)C3SCCS3)cc2)cc1)C1SCCS1. The van der Waals surface area contributed by atoms with Crippen molar-refractivity contribution in [3.05, 3.63) is 48.5 Å². The van der Waals surface area contributed by atoms with E-state index in [0.717, 1.165) is 23.0 Å². The van der Waals surface area contributed by atoms with Gasteiger partial charge >= 0.3 is 11.9 Å². The molecule has 2 aliphatic rings. The summed E-state index contributed by atoms with van der Waals surface area (Å²) in [7, 11) is -3.82. The summed E-state index contributed by atoms with van der Waals surface area (Å²) in [4.78, 5) is 24.0. The fourth-order valence-electron chi connectivity index (χ4n) is 3.53. The summed E-state index contributed by atoms with van der Waals surface area (Å²) in [5, 5.41) is 20.1. The van der Waals surface area contributed by atoms with Gasteiger partial charge in [-0.1, -0.05) is 0 Å². The van der Waals surface area contributed by atoms with Crippen LogP contribution in [0.3, 0.4) is 0 Å². The highest BCUT2D eigenvalue weighted by Gasteiger charge is 2.27. The van der Waals surface area contributed by atoms with Gasteiger partial charge in [0.25, 0.3) is 0 Å². The molecular formula is C26H30O10S5. The van der Waals surface area contributed by atoms with E-state index in [2.05, 4.69) is 0 Å². The number of rotatable bonds is 14. The first-order valence-corrected chi connectivity index (χ1v) is 18.3. The molecule has 0 radical (unpaired) electrons. The molecule has 2 aromatic carbocycles. The zero-order valence-corrected chi connectivity index (χ0v) is 25.9. The quantitative estimate of drug-likeness (QED) is 0.286. The van der Waals surface area contributed by atoms with Crippen molar-refractivity contribution in [2.75, 3.05) is 49.4 Å². The van der Waals surface area contributed by atoms with Crippen LogP contribution in [0.5, 0.6) is 11.5 Å². The number of carbonyl (C=O) groups is 2. The first-order chi connectivity index (χ1) is 19.7. The summed E-state index contributed by atoms with van der Waals surface area (Å²) in [5.41, 5.74) is 0. The topological polar surface area (TPSA) is 146 Å². The van der Waals surface area contributed by atoms with E-state index in [0.29, 0.717) is 11.5 Å². The molecular weight excluding hydrogens is 633 g/mol. The van der Waals surface area contributed by atoms with Gasteiger partial charge in [0, 0.05) is 23.0 Å². The minimum Gasteiger partial charge on any atom is -0.491 e. The number of thioether (sulfide) groups is 4. The third-order valence-electron chi connectivity index (χ3n) is 5.62. The average molecular weight is 663 g/mol. The van der Waals surface area contributed by atoms with Gasteiger partial charge in [-0.3, -0.25) is 0 Å². The van der Waals surface area contributed by atoms with E-state index in [4.69, 9.17) is 18.9 Å². The van der Waals surface area contributed by atoms with Crippen LogP contribution >= 0.6 is 47.0 Å². The maximum Gasteiger partial charge on any atom is 0.329 e. The molecule has 2 N–H and O–H groups in total. The Morgan fingerprint density at radius 2 is 1.00 bits per heavy atom. The lowest BCUT2D eigenvalue weighted by Crippen LogP contribution is -2.27. The summed E-state index contributed by atoms with van der Waals surface area (Å²) in [6.07, 6.45) is -2.04. The molecule has 224 valence electrons. The smallest absolute Gasteiger partial charge is 0.329 e. The number of aliphatic hydroxyl groups excluding tert-OH is 2. The molecule has 2 aliphatic heterocycles. The number of sulfone groups is 1. The molecule has 0 bridgehead atoms. The molecule has 15 heteroatoms. The van der Waals surface area contributed by atoms with Crippen LogP contribution in [0.2, 0.25) is 0 Å². The molecule has 2 atom stereocenters. The number of carbonyl (C=O) groups excluding carboxylic acids is 2. The maximum atomic E-state index is 13.0. The van der Waals surface area contributed by atoms with Crippen molar-refractivity contribution >= 4 is 68.8 Å². The van der Waals surface area contributed by atoms with Crippen LogP contribution in [0.15, 0.2) is 58.3 Å². The highest BCUT2D eigenvalue weighted by atomic mass is 32.2. The summed E-state index contributed by atoms with van der Waals surface area (Å²) < 4.78 is 46.8. The second kappa shape index (κ2) is 15.6. The van der Waals surface area contributed by atoms with Crippen LogP contribution in [0, 0.1) is 0 Å². The third-order valence-corrected chi connectivity index (χ3v) is 13.3. The van der Waals surface area contributed by atoms with E-state index in [1.807, 2.05) is 0 Å². The van der Waals surface area contributed by atoms with Crippen molar-refractivity contribution in [3.63, 3.8) is 0 Å². The normalized spacial score (nSPS) is 17.6. The van der Waals surface area contributed by atoms with Crippen LogP contribution in [-0.4, -0.2) is 101 Å². The van der Waals surface area contributed by atoms with Crippen LogP contribution in [0.4, 0.5) is 0 Å². The predicted molar refractivity (Wildman–Crippen MR) is 161 cm³/mol. The van der Waals surface area contributed by atoms with Gasteiger partial charge < -0.3 is 29.2 Å². The van der Waals surface area contributed by atoms with E-state index in [-0.39, 0.29) is 57.3 Å². The lowest BCUT2D eigenvalue weighted by atomic mass is 10.3. The molecule has 0 aromatic heterocycles. The number of aliphatic hydroxyl groups is 2. The van der Waals surface area contributed by atoms with Gasteiger partial charge in [0.05, 0.1) is 9.79 Å². The first-order valence-electron chi connectivity index (χ1n) is 12.6. The van der Waals surface area contributed by atoms with Crippen molar-refractivity contribution in [1.82, 2.24) is 0 Å². The Balaban J connectivity index is 1.20. The van der Waals surface area contributed by atoms with Gasteiger partial charge in [-0.05, 0) is 48.5 Å². The zero-order chi connectivity index (χ0) is 29.2. The second-order valence-corrected chi connectivity index (χ2v) is 16.2. The molecule has 0 spiro atoms. The monoisotopic (exact) mass is 662 g/mol. The number of esters is 2. The van der Waals surface area contributed by atoms with Gasteiger partial charge in [0.15, 0.2) is 0 Å². The molecule has 0 saturated carbocycles. The van der Waals surface area contributed by atoms with Crippen molar-refractivity contribution in [3.8, 4) is 11.5 Å². The van der Waals surface area contributed by atoms with E-state index in [9.17, 15) is 28.2 Å². The first kappa shape index (κ1) is 32.2. The van der Waals surface area contributed by atoms with Gasteiger partial charge in [-0.15, -0.1) is 47.0 Å². The Hall–Kier alpha value is -1.75. The summed E-state index contributed by atoms with van der Waals surface area (Å²) >= 11 is 6.08. The maximum absolute atomic E-state index is 13.0. The molecule has 2 unspecified atom stereocenters. The van der Waals surface area contributed by atoms with Crippen LogP contribution in [-0.2, 0) is 28.9 Å². The van der Waals surface area contributed by atoms with Crippen molar-refractivity contribution in [2.24, 2.45) is 0 Å². The molecule has 0 amide bonds. The minimum atomic E-state index is -3.82. The van der Waals surface area contributed by atoms with Crippen molar-refractivity contribution in [1.29, 1.82) is 0 Å². The lowest BCUT2D eigenvalue weighted by molar-refractivity contribution is -0.145. The summed E-state index contributed by atoms with van der Waals surface area (Å²) in [5.74, 6) is 3.56. The Bertz CT molecular complexity index is 1150. The van der Waals surface area contributed by atoms with E-state index in [1.165, 1.54) is 95.6 Å². The molecule has 2 aromatic rings. The number of ether oxygens (including phenoxy) is 4. The Kier molecular flexibility index (Phi) is 12.3. The Morgan fingerprint density at radius 1 is 0.659 bits per heavy atom. The molecule has 41 heavy (non-hydrogen) atoms. The van der Waals surface area contributed by atoms with E-state index >= 15 is 0 Å². The summed E-state index contributed by atoms with van der Waals surface area (Å²) in [6.45, 7) is -0.620. The molecule has 2 saturated heterocycles. The number of hydrogen-bond acceptors (Lipinski definition) is 14. The van der Waals surface area contributed by atoms with E-state index in [1.54, 1.807) is 0 Å². The fourth-order valence-corrected chi connectivity index (χ4v) is 9.93. The van der Waals surface area contributed by atoms with Gasteiger partial charge in [0.1, 0.15) is 59.3 Å². The third kappa shape index (κ3) is 9.63. The predicted octanol–water partition coefficient (Wildman–Crippen LogP) is 2.70. The zero-order valence-electron chi connectivity index (χ0n) is 21.8. The van der Waals surface area contributed by atoms with Gasteiger partial charge in [0.2, 0.25) is 9.84 Å². The van der Waals surface area contributed by atoms with Crippen LogP contribution in [0.25, 0.3) is 0 Å². The van der Waals surface area contributed by atoms with E-state index < -0.39 is 22.0 Å². The summed E-state index contributed by atoms with van der Waals surface area (Å²) in [6, 6.07) is 11.5. The molecule has 4 rings (SSSR count). The standard InChI is InChI=1S/C26H30O10S5/c27-17(15-35-23(29)25-37-9-10-38-25)13-33-19-1-5-21(6-2-19)41(31,32)22-7-3-20(4-8-22)34-14-18(28)16-36-24(30)26-39-11-12-40-26/h1-8,17-18,25-28H,9-16H2. The average Bonchev–Trinajstić information content (AvgIpc) is 3.72. The number of benzene rings is 2. The van der Waals surface area contributed by atoms with Crippen molar-refractivity contribution in [2.45, 2.75) is 31.2 Å². The molecule has 0 aliphatic carbocycles. The Morgan fingerprint density at radius 3 is 1.34 bits per heavy atom. The lowest BCUT2D eigenvalue weighted by Gasteiger charge is -2.15.